The van der Waals surface area contributed by atoms with Gasteiger partial charge in [-0.1, -0.05) is 163 Å². The molecular formula is C38H48O6Si2. The molecule has 0 radical (unpaired) electrons. The highest BCUT2D eigenvalue weighted by molar-refractivity contribution is 7.00. The van der Waals surface area contributed by atoms with Gasteiger partial charge in [-0.05, 0) is 30.8 Å². The Balaban J connectivity index is 1.48. The summed E-state index contributed by atoms with van der Waals surface area (Å²) in [5.74, 6) is 0. The van der Waals surface area contributed by atoms with E-state index in [1.165, 1.54) is 0 Å². The van der Waals surface area contributed by atoms with Crippen LogP contribution in [-0.2, 0) is 13.6 Å². The highest BCUT2D eigenvalue weighted by Crippen LogP contribution is 2.40. The van der Waals surface area contributed by atoms with E-state index in [-0.39, 0.29) is 11.6 Å². The third kappa shape index (κ3) is 6.33. The second kappa shape index (κ2) is 13.7. The van der Waals surface area contributed by atoms with Gasteiger partial charge in [-0.25, -0.2) is 0 Å². The van der Waals surface area contributed by atoms with E-state index in [1.54, 1.807) is 0 Å². The Labute approximate surface area is 275 Å². The van der Waals surface area contributed by atoms with Crippen LogP contribution >= 0.6 is 0 Å². The highest BCUT2D eigenvalue weighted by atomic mass is 28.4. The fourth-order valence-electron chi connectivity index (χ4n) is 7.05. The van der Waals surface area contributed by atoms with Crippen molar-refractivity contribution >= 4 is 37.4 Å². The maximum atomic E-state index is 11.7. The van der Waals surface area contributed by atoms with Crippen LogP contribution < -0.4 is 20.7 Å². The van der Waals surface area contributed by atoms with Gasteiger partial charge in [-0.2, -0.15) is 0 Å². The van der Waals surface area contributed by atoms with E-state index in [2.05, 4.69) is 65.8 Å². The van der Waals surface area contributed by atoms with Crippen molar-refractivity contribution in [1.82, 2.24) is 0 Å². The molecule has 4 aromatic rings. The first-order valence-corrected chi connectivity index (χ1v) is 19.9. The molecule has 1 aliphatic rings. The number of aliphatic hydroxyl groups excluding tert-OH is 3. The Morgan fingerprint density at radius 2 is 0.891 bits per heavy atom. The standard InChI is InChI=1S/C38H48O6Si2/c1-37(2,3)45(28-19-11-7-12-20-28,29-21-13-8-14-22-29)42-27-32-33(39)34(40)35(36(41)43-32)44-46(38(4,5)6,30-23-15-9-16-24-30)31-25-17-10-18-26-31/h7-26,32-36,39-41H,27H2,1-6H3/t32-,33-,34+,35+,36+/m1/s1. The summed E-state index contributed by atoms with van der Waals surface area (Å²) in [5, 5.41) is 38.3. The molecule has 6 nitrogen and oxygen atoms in total. The van der Waals surface area contributed by atoms with E-state index in [1.807, 2.05) is 97.1 Å². The van der Waals surface area contributed by atoms with Gasteiger partial charge < -0.3 is 28.9 Å². The van der Waals surface area contributed by atoms with E-state index < -0.39 is 52.4 Å². The Bertz CT molecular complexity index is 1440. The molecule has 0 amide bonds. The molecule has 0 spiro atoms. The monoisotopic (exact) mass is 656 g/mol. The Kier molecular flexibility index (Phi) is 10.2. The third-order valence-electron chi connectivity index (χ3n) is 9.27. The largest absolute Gasteiger partial charge is 0.405 e. The predicted octanol–water partition coefficient (Wildman–Crippen LogP) is 3.95. The molecule has 1 aliphatic heterocycles. The minimum atomic E-state index is -3.17. The lowest BCUT2D eigenvalue weighted by Crippen LogP contribution is -2.72. The molecule has 5 rings (SSSR count). The maximum absolute atomic E-state index is 11.7. The van der Waals surface area contributed by atoms with Crippen LogP contribution in [0, 0.1) is 0 Å². The zero-order valence-corrected chi connectivity index (χ0v) is 29.7. The second-order valence-corrected chi connectivity index (χ2v) is 22.8. The van der Waals surface area contributed by atoms with Crippen molar-refractivity contribution in [2.45, 2.75) is 82.3 Å². The molecule has 1 heterocycles. The second-order valence-electron chi connectivity index (χ2n) is 14.3. The minimum Gasteiger partial charge on any atom is -0.405 e. The van der Waals surface area contributed by atoms with Crippen molar-refractivity contribution in [2.75, 3.05) is 6.61 Å². The van der Waals surface area contributed by atoms with Crippen LogP contribution in [0.15, 0.2) is 121 Å². The average molecular weight is 657 g/mol. The normalized spacial score (nSPS) is 22.8. The van der Waals surface area contributed by atoms with Crippen molar-refractivity contribution in [3.05, 3.63) is 121 Å². The predicted molar refractivity (Wildman–Crippen MR) is 189 cm³/mol. The molecular weight excluding hydrogens is 609 g/mol. The van der Waals surface area contributed by atoms with Gasteiger partial charge in [0, 0.05) is 0 Å². The molecule has 244 valence electrons. The van der Waals surface area contributed by atoms with E-state index in [0.717, 1.165) is 20.7 Å². The lowest BCUT2D eigenvalue weighted by Gasteiger charge is -2.50. The maximum Gasteiger partial charge on any atom is 0.261 e. The molecule has 8 heteroatoms. The average Bonchev–Trinajstić information content (AvgIpc) is 3.04. The zero-order chi connectivity index (χ0) is 33.2. The van der Waals surface area contributed by atoms with Crippen molar-refractivity contribution in [3.8, 4) is 0 Å². The van der Waals surface area contributed by atoms with Crippen molar-refractivity contribution in [2.24, 2.45) is 0 Å². The summed E-state index contributed by atoms with van der Waals surface area (Å²) >= 11 is 0. The Hall–Kier alpha value is -2.93. The lowest BCUT2D eigenvalue weighted by molar-refractivity contribution is -0.281. The number of ether oxygens (including phenoxy) is 1. The summed E-state index contributed by atoms with van der Waals surface area (Å²) in [4.78, 5) is 0. The van der Waals surface area contributed by atoms with Gasteiger partial charge in [0.1, 0.15) is 24.4 Å². The molecule has 46 heavy (non-hydrogen) atoms. The van der Waals surface area contributed by atoms with Crippen molar-refractivity contribution in [1.29, 1.82) is 0 Å². The Morgan fingerprint density at radius 1 is 0.543 bits per heavy atom. The van der Waals surface area contributed by atoms with Gasteiger partial charge in [0.15, 0.2) is 6.29 Å². The van der Waals surface area contributed by atoms with Crippen LogP contribution in [0.2, 0.25) is 10.1 Å². The molecule has 3 N–H and O–H groups in total. The summed E-state index contributed by atoms with van der Waals surface area (Å²) in [6.07, 6.45) is -6.44. The number of benzene rings is 4. The van der Waals surface area contributed by atoms with Gasteiger partial charge in [-0.3, -0.25) is 0 Å². The zero-order valence-electron chi connectivity index (χ0n) is 27.7. The fourth-order valence-corrected chi connectivity index (χ4v) is 16.3. The Morgan fingerprint density at radius 3 is 1.24 bits per heavy atom. The van der Waals surface area contributed by atoms with E-state index >= 15 is 0 Å². The van der Waals surface area contributed by atoms with Gasteiger partial charge in [-0.15, -0.1) is 0 Å². The van der Waals surface area contributed by atoms with Gasteiger partial charge >= 0.3 is 0 Å². The minimum absolute atomic E-state index is 0.0193. The molecule has 4 aromatic carbocycles. The summed E-state index contributed by atoms with van der Waals surface area (Å²) in [6, 6.07) is 40.4. The summed E-state index contributed by atoms with van der Waals surface area (Å²) < 4.78 is 20.2. The molecule has 0 unspecified atom stereocenters. The number of aliphatic hydroxyl groups is 3. The number of hydrogen-bond acceptors (Lipinski definition) is 6. The first-order valence-electron chi connectivity index (χ1n) is 16.1. The van der Waals surface area contributed by atoms with Gasteiger partial charge in [0.05, 0.1) is 6.61 Å². The number of rotatable bonds is 9. The van der Waals surface area contributed by atoms with E-state index in [9.17, 15) is 15.3 Å². The SMILES string of the molecule is CC(C)(C)[Si](OC[C@H]1O[C@H](O)[C@@H](O[Si](c2ccccc2)(c2ccccc2)C(C)(C)C)[C@@H](O)[C@@H]1O)(c1ccccc1)c1ccccc1. The van der Waals surface area contributed by atoms with Crippen LogP contribution in [0.5, 0.6) is 0 Å². The smallest absolute Gasteiger partial charge is 0.261 e. The molecule has 5 atom stereocenters. The third-order valence-corrected chi connectivity index (χ3v) is 19.3. The van der Waals surface area contributed by atoms with Crippen molar-refractivity contribution < 1.29 is 28.9 Å². The number of hydrogen-bond donors (Lipinski definition) is 3. The van der Waals surface area contributed by atoms with Gasteiger partial charge in [0.2, 0.25) is 0 Å². The lowest BCUT2D eigenvalue weighted by atomic mass is 9.99. The van der Waals surface area contributed by atoms with E-state index in [0.29, 0.717) is 0 Å². The van der Waals surface area contributed by atoms with Crippen LogP contribution in [0.4, 0.5) is 0 Å². The molecule has 0 aliphatic carbocycles. The van der Waals surface area contributed by atoms with E-state index in [4.69, 9.17) is 13.6 Å². The van der Waals surface area contributed by atoms with Gasteiger partial charge in [0.25, 0.3) is 16.6 Å². The molecule has 1 saturated heterocycles. The molecule has 0 bridgehead atoms. The highest BCUT2D eigenvalue weighted by Gasteiger charge is 2.57. The van der Waals surface area contributed by atoms with Crippen LogP contribution in [0.1, 0.15) is 41.5 Å². The molecule has 0 aromatic heterocycles. The molecule has 1 fully saturated rings. The van der Waals surface area contributed by atoms with Crippen LogP contribution in [0.25, 0.3) is 0 Å². The fraction of sp³-hybridized carbons (Fsp3) is 0.368. The summed E-state index contributed by atoms with van der Waals surface area (Å²) in [7, 11) is -6.12. The van der Waals surface area contributed by atoms with Crippen LogP contribution in [-0.4, -0.2) is 69.3 Å². The quantitative estimate of drug-likeness (QED) is 0.237. The van der Waals surface area contributed by atoms with Crippen molar-refractivity contribution in [3.63, 3.8) is 0 Å². The summed E-state index contributed by atoms with van der Waals surface area (Å²) in [6.45, 7) is 12.9. The summed E-state index contributed by atoms with van der Waals surface area (Å²) in [5.41, 5.74) is 0. The molecule has 0 saturated carbocycles. The first kappa shape index (κ1) is 34.4. The first-order chi connectivity index (χ1) is 21.8. The van der Waals surface area contributed by atoms with Crippen LogP contribution in [0.3, 0.4) is 0 Å². The topological polar surface area (TPSA) is 88.4 Å².